The minimum absolute atomic E-state index is 0.0495. The topological polar surface area (TPSA) is 412 Å². The average Bonchev–Trinajstić information content (AvgIpc) is 3.59. The highest BCUT2D eigenvalue weighted by Crippen LogP contribution is 2.38. The van der Waals surface area contributed by atoms with Crippen molar-refractivity contribution in [3.8, 4) is 0 Å². The number of benzene rings is 8. The van der Waals surface area contributed by atoms with Gasteiger partial charge in [0, 0.05) is 72.2 Å². The van der Waals surface area contributed by atoms with Crippen molar-refractivity contribution in [3.63, 3.8) is 0 Å². The van der Waals surface area contributed by atoms with Crippen molar-refractivity contribution in [3.05, 3.63) is 173 Å². The van der Waals surface area contributed by atoms with Crippen molar-refractivity contribution in [2.75, 3.05) is 31.9 Å². The summed E-state index contributed by atoms with van der Waals surface area (Å²) in [4.78, 5) is 61.7. The molecule has 25 nitrogen and oxygen atoms in total. The number of anilines is 6. The van der Waals surface area contributed by atoms with Gasteiger partial charge in [0.2, 0.25) is 0 Å². The molecule has 412 valence electrons. The van der Waals surface area contributed by atoms with Gasteiger partial charge in [-0.25, -0.2) is 9.00 Å². The highest BCUT2D eigenvalue weighted by molar-refractivity contribution is 7.87. The van der Waals surface area contributed by atoms with E-state index in [9.17, 15) is 84.6 Å². The molecule has 80 heavy (non-hydrogen) atoms. The van der Waals surface area contributed by atoms with Crippen LogP contribution in [0.3, 0.4) is 0 Å². The third-order valence-corrected chi connectivity index (χ3v) is 15.9. The maximum Gasteiger partial charge on any atom is 0.323 e. The minimum Gasteiger partial charge on any atom is -0.322 e. The van der Waals surface area contributed by atoms with Gasteiger partial charge in [-0.15, -0.1) is 0 Å². The number of nitrogens with one attached hydrogen (secondary N) is 6. The van der Waals surface area contributed by atoms with E-state index in [0.717, 1.165) is 36.4 Å². The molecule has 0 saturated heterocycles. The normalized spacial score (nSPS) is 12.3. The smallest absolute Gasteiger partial charge is 0.322 e. The van der Waals surface area contributed by atoms with E-state index in [1.165, 1.54) is 110 Å². The van der Waals surface area contributed by atoms with Gasteiger partial charge in [0.1, 0.15) is 14.7 Å². The van der Waals surface area contributed by atoms with Crippen LogP contribution in [-0.4, -0.2) is 90.3 Å². The molecule has 0 fully saturated rings. The summed E-state index contributed by atoms with van der Waals surface area (Å²) in [5.41, 5.74) is 1.36. The van der Waals surface area contributed by atoms with Gasteiger partial charge in [-0.3, -0.25) is 37.4 Å². The molecule has 0 aliphatic heterocycles. The van der Waals surface area contributed by atoms with Crippen LogP contribution in [0.15, 0.2) is 170 Å². The molecule has 0 aliphatic rings. The first kappa shape index (κ1) is 57.4. The van der Waals surface area contributed by atoms with Gasteiger partial charge in [-0.05, 0) is 158 Å². The second kappa shape index (κ2) is 22.1. The lowest BCUT2D eigenvalue weighted by Crippen LogP contribution is -2.20. The molecule has 0 bridgehead atoms. The summed E-state index contributed by atoms with van der Waals surface area (Å²) < 4.78 is 157. The Morgan fingerprint density at radius 3 is 1.07 bits per heavy atom. The van der Waals surface area contributed by atoms with Crippen LogP contribution in [0.4, 0.5) is 38.9 Å². The second-order valence-corrected chi connectivity index (χ2v) is 23.6. The number of hydrogen-bond donors (Lipinski definition) is 11. The average molecular weight is 1190 g/mol. The SMILES string of the molecule is Cc1cc(S(=O)(=O)O)cc2c(S(=O)(=O)O)ccc(NC(=O)c3ccc(NC(=O)c4ccc(NC(=O)Nc5ccc(C(=O)Nc6ccc(C(=O)Nc7ccc(S(=O)(=O)O)c8cc(S(=O)O)cc(S(=O)(=O)O)c78)cc6)cc5)cc4)cc3)c12. The maximum atomic E-state index is 13.3. The molecular formula is C50H38N6O19S5. The Bertz CT molecular complexity index is 4410. The first-order valence-electron chi connectivity index (χ1n) is 22.4. The number of carbonyl (C=O) groups excluding carboxylic acids is 5. The van der Waals surface area contributed by atoms with E-state index in [4.69, 9.17) is 0 Å². The van der Waals surface area contributed by atoms with Gasteiger partial charge in [0.25, 0.3) is 64.1 Å². The van der Waals surface area contributed by atoms with Crippen molar-refractivity contribution < 1.29 is 84.6 Å². The molecule has 8 aromatic rings. The Balaban J connectivity index is 0.834. The molecule has 0 aromatic heterocycles. The zero-order chi connectivity index (χ0) is 58.2. The monoisotopic (exact) mass is 1190 g/mol. The largest absolute Gasteiger partial charge is 0.323 e. The molecule has 30 heteroatoms. The summed E-state index contributed by atoms with van der Waals surface area (Å²) in [7, 11) is -19.9. The highest BCUT2D eigenvalue weighted by Gasteiger charge is 2.27. The van der Waals surface area contributed by atoms with E-state index in [1.54, 1.807) is 0 Å². The minimum atomic E-state index is -5.23. The number of amides is 6. The third kappa shape index (κ3) is 13.0. The number of carbonyl (C=O) groups is 5. The van der Waals surface area contributed by atoms with Gasteiger partial charge < -0.3 is 36.5 Å². The molecule has 0 spiro atoms. The Hall–Kier alpha value is -8.82. The summed E-state index contributed by atoms with van der Waals surface area (Å²) in [6, 6.07) is 29.0. The zero-order valence-electron chi connectivity index (χ0n) is 40.3. The van der Waals surface area contributed by atoms with Gasteiger partial charge in [-0.1, -0.05) is 0 Å². The molecular weight excluding hydrogens is 1150 g/mol. The van der Waals surface area contributed by atoms with E-state index in [-0.39, 0.29) is 61.3 Å². The molecule has 0 saturated carbocycles. The highest BCUT2D eigenvalue weighted by atomic mass is 32.2. The molecule has 0 radical (unpaired) electrons. The predicted molar refractivity (Wildman–Crippen MR) is 291 cm³/mol. The molecule has 1 unspecified atom stereocenters. The Kier molecular flexibility index (Phi) is 15.9. The lowest BCUT2D eigenvalue weighted by Gasteiger charge is -2.15. The van der Waals surface area contributed by atoms with Crippen LogP contribution in [0.1, 0.15) is 47.0 Å². The second-order valence-electron chi connectivity index (χ2n) is 17.1. The first-order chi connectivity index (χ1) is 37.4. The number of fused-ring (bicyclic) bond motifs is 2. The van der Waals surface area contributed by atoms with Crippen LogP contribution in [-0.2, 0) is 51.6 Å². The van der Waals surface area contributed by atoms with Gasteiger partial charge in [0.15, 0.2) is 11.1 Å². The maximum absolute atomic E-state index is 13.3. The summed E-state index contributed by atoms with van der Waals surface area (Å²) in [6.45, 7) is 1.41. The Labute approximate surface area is 455 Å². The van der Waals surface area contributed by atoms with Gasteiger partial charge in [-0.2, -0.15) is 33.7 Å². The third-order valence-electron chi connectivity index (χ3n) is 11.7. The fourth-order valence-corrected chi connectivity index (χ4v) is 11.3. The van der Waals surface area contributed by atoms with Crippen LogP contribution < -0.4 is 31.9 Å². The number of rotatable bonds is 15. The quantitative estimate of drug-likeness (QED) is 0.0349. The van der Waals surface area contributed by atoms with Gasteiger partial charge in [0.05, 0.1) is 15.5 Å². The lowest BCUT2D eigenvalue weighted by molar-refractivity contribution is 0.101. The summed E-state index contributed by atoms with van der Waals surface area (Å²) in [6.07, 6.45) is 0. The van der Waals surface area contributed by atoms with Crippen molar-refractivity contribution in [2.45, 2.75) is 31.4 Å². The van der Waals surface area contributed by atoms with Crippen molar-refractivity contribution in [1.29, 1.82) is 0 Å². The predicted octanol–water partition coefficient (Wildman–Crippen LogP) is 7.52. The van der Waals surface area contributed by atoms with E-state index < -0.39 is 116 Å². The van der Waals surface area contributed by atoms with E-state index in [1.807, 2.05) is 0 Å². The Morgan fingerprint density at radius 2 is 0.725 bits per heavy atom. The molecule has 0 heterocycles. The first-order valence-corrected chi connectivity index (χ1v) is 29.2. The Morgan fingerprint density at radius 1 is 0.388 bits per heavy atom. The van der Waals surface area contributed by atoms with Crippen LogP contribution in [0, 0.1) is 6.92 Å². The number of hydrogen-bond acceptors (Lipinski definition) is 14. The van der Waals surface area contributed by atoms with Gasteiger partial charge >= 0.3 is 6.03 Å². The summed E-state index contributed by atoms with van der Waals surface area (Å²) >= 11 is -2.87. The van der Waals surface area contributed by atoms with Crippen molar-refractivity contribution in [1.82, 2.24) is 0 Å². The molecule has 1 atom stereocenters. The van der Waals surface area contributed by atoms with Crippen LogP contribution in [0.25, 0.3) is 21.5 Å². The molecule has 0 aliphatic carbocycles. The van der Waals surface area contributed by atoms with Crippen molar-refractivity contribution in [2.24, 2.45) is 0 Å². The molecule has 11 N–H and O–H groups in total. The van der Waals surface area contributed by atoms with E-state index in [2.05, 4.69) is 31.9 Å². The van der Waals surface area contributed by atoms with E-state index >= 15 is 0 Å². The summed E-state index contributed by atoms with van der Waals surface area (Å²) in [5.74, 6) is -2.69. The number of urea groups is 1. The summed E-state index contributed by atoms with van der Waals surface area (Å²) in [5, 5.41) is 14.1. The zero-order valence-corrected chi connectivity index (χ0v) is 44.4. The fraction of sp³-hybridized carbons (Fsp3) is 0.0200. The fourth-order valence-electron chi connectivity index (χ4n) is 8.05. The lowest BCUT2D eigenvalue weighted by atomic mass is 10.0. The molecule has 8 rings (SSSR count). The number of aryl methyl sites for hydroxylation is 1. The van der Waals surface area contributed by atoms with Crippen LogP contribution in [0.2, 0.25) is 0 Å². The van der Waals surface area contributed by atoms with Crippen molar-refractivity contribution >= 4 is 137 Å². The standard InChI is InChI=1S/C50H38N6O19S5/c1-26-22-36(77(64,65)66)25-38-42(79(70,71)72)20-18-39(44(26)38)55-48(59)29-2-10-31(11-3-29)51-46(57)27-6-14-33(15-7-27)53-50(61)54-34-16-8-28(9-17-34)47(58)52-32-12-4-30(5-13-32)49(60)56-40-19-21-41(78(67,68)69)37-23-35(76(62)63)24-43(45(37)40)80(73,74)75/h2-25H,1H3,(H,51,57)(H,52,58)(H,55,59)(H,56,60)(H,62,63)(H2,53,54,61)(H,64,65,66)(H,67,68,69)(H,70,71,72)(H,73,74,75). The van der Waals surface area contributed by atoms with E-state index in [0.29, 0.717) is 17.4 Å². The van der Waals surface area contributed by atoms with Crippen LogP contribution in [0.5, 0.6) is 0 Å². The van der Waals surface area contributed by atoms with Crippen LogP contribution >= 0.6 is 0 Å². The molecule has 8 aromatic carbocycles. The molecule has 6 amide bonds.